The lowest BCUT2D eigenvalue weighted by molar-refractivity contribution is 0.0741. The van der Waals surface area contributed by atoms with Crippen LogP contribution in [0.15, 0.2) is 18.2 Å². The van der Waals surface area contributed by atoms with E-state index in [0.717, 1.165) is 31.0 Å². The first-order valence-corrected chi connectivity index (χ1v) is 9.46. The Labute approximate surface area is 157 Å². The van der Waals surface area contributed by atoms with E-state index < -0.39 is 0 Å². The Bertz CT molecular complexity index is 861. The second-order valence-electron chi connectivity index (χ2n) is 7.31. The van der Waals surface area contributed by atoms with Crippen LogP contribution in [0, 0.1) is 5.92 Å². The van der Waals surface area contributed by atoms with Crippen molar-refractivity contribution in [3.8, 4) is 11.5 Å². The van der Waals surface area contributed by atoms with Crippen molar-refractivity contribution in [2.24, 2.45) is 5.92 Å². The van der Waals surface area contributed by atoms with E-state index in [1.807, 2.05) is 9.58 Å². The molecule has 3 heterocycles. The van der Waals surface area contributed by atoms with Crippen LogP contribution in [-0.2, 0) is 24.4 Å². The fourth-order valence-corrected chi connectivity index (χ4v) is 3.50. The van der Waals surface area contributed by atoms with Crippen LogP contribution < -0.4 is 9.47 Å². The predicted octanol–water partition coefficient (Wildman–Crippen LogP) is 1.98. The smallest absolute Gasteiger partial charge is 0.254 e. The van der Waals surface area contributed by atoms with Gasteiger partial charge in [0.15, 0.2) is 11.5 Å². The quantitative estimate of drug-likeness (QED) is 0.801. The fourth-order valence-electron chi connectivity index (χ4n) is 3.50. The molecule has 0 saturated heterocycles. The summed E-state index contributed by atoms with van der Waals surface area (Å²) in [4.78, 5) is 14.9. The molecule has 0 bridgehead atoms. The Morgan fingerprint density at radius 3 is 3.00 bits per heavy atom. The number of fused-ring (bicyclic) bond motifs is 2. The molecular formula is C19H22N4O4. The molecular weight excluding hydrogens is 348 g/mol. The highest BCUT2D eigenvalue weighted by Gasteiger charge is 2.26. The molecule has 1 saturated carbocycles. The van der Waals surface area contributed by atoms with Crippen molar-refractivity contribution in [2.45, 2.75) is 39.0 Å². The lowest BCUT2D eigenvalue weighted by Crippen LogP contribution is -2.31. The van der Waals surface area contributed by atoms with Gasteiger partial charge >= 0.3 is 0 Å². The number of hydrogen-bond donors (Lipinski definition) is 0. The van der Waals surface area contributed by atoms with E-state index in [0.29, 0.717) is 42.7 Å². The van der Waals surface area contributed by atoms with E-state index in [2.05, 4.69) is 10.3 Å². The molecule has 1 aromatic carbocycles. The molecule has 5 rings (SSSR count). The number of aryl methyl sites for hydroxylation is 1. The van der Waals surface area contributed by atoms with Crippen molar-refractivity contribution < 1.29 is 19.0 Å². The molecule has 1 fully saturated rings. The summed E-state index contributed by atoms with van der Waals surface area (Å²) in [5, 5.41) is 8.54. The molecule has 27 heavy (non-hydrogen) atoms. The molecule has 8 nitrogen and oxygen atoms in total. The van der Waals surface area contributed by atoms with E-state index in [4.69, 9.17) is 14.2 Å². The third-order valence-electron chi connectivity index (χ3n) is 5.25. The van der Waals surface area contributed by atoms with Crippen molar-refractivity contribution in [3.63, 3.8) is 0 Å². The van der Waals surface area contributed by atoms with Crippen LogP contribution in [0.1, 0.15) is 41.0 Å². The van der Waals surface area contributed by atoms with Gasteiger partial charge in [-0.3, -0.25) is 4.79 Å². The van der Waals surface area contributed by atoms with Gasteiger partial charge in [0.05, 0.1) is 18.8 Å². The molecule has 0 spiro atoms. The molecule has 1 aliphatic carbocycles. The zero-order valence-electron chi connectivity index (χ0n) is 15.1. The first kappa shape index (κ1) is 16.6. The van der Waals surface area contributed by atoms with Gasteiger partial charge in [0.1, 0.15) is 5.69 Å². The monoisotopic (exact) mass is 370 g/mol. The van der Waals surface area contributed by atoms with Gasteiger partial charge in [0, 0.05) is 25.3 Å². The first-order valence-electron chi connectivity index (χ1n) is 9.46. The van der Waals surface area contributed by atoms with Crippen LogP contribution in [0.25, 0.3) is 0 Å². The van der Waals surface area contributed by atoms with Crippen molar-refractivity contribution in [3.05, 3.63) is 35.2 Å². The van der Waals surface area contributed by atoms with Crippen molar-refractivity contribution in [2.75, 3.05) is 19.9 Å². The number of aromatic nitrogens is 3. The predicted molar refractivity (Wildman–Crippen MR) is 94.3 cm³/mol. The highest BCUT2D eigenvalue weighted by molar-refractivity contribution is 5.95. The standard InChI is InChI=1S/C19H22N4O4/c24-19(14-4-5-17-18(8-14)27-12-26-17)22-6-1-7-23-16(9-22)15(20-21-23)11-25-10-13-2-3-13/h4-5,8,13H,1-3,6-7,9-12H2. The van der Waals surface area contributed by atoms with Gasteiger partial charge in [0.2, 0.25) is 6.79 Å². The summed E-state index contributed by atoms with van der Waals surface area (Å²) in [6.07, 6.45) is 3.36. The number of benzene rings is 1. The lowest BCUT2D eigenvalue weighted by atomic mass is 10.1. The Hall–Kier alpha value is -2.61. The van der Waals surface area contributed by atoms with Gasteiger partial charge in [-0.1, -0.05) is 5.21 Å². The highest BCUT2D eigenvalue weighted by atomic mass is 16.7. The maximum atomic E-state index is 13.1. The summed E-state index contributed by atoms with van der Waals surface area (Å²) in [6, 6.07) is 5.33. The highest BCUT2D eigenvalue weighted by Crippen LogP contribution is 2.33. The molecule has 2 aromatic rings. The number of carbonyl (C=O) groups excluding carboxylic acids is 1. The largest absolute Gasteiger partial charge is 0.454 e. The van der Waals surface area contributed by atoms with E-state index >= 15 is 0 Å². The fraction of sp³-hybridized carbons (Fsp3) is 0.526. The number of hydrogen-bond acceptors (Lipinski definition) is 6. The van der Waals surface area contributed by atoms with E-state index in [-0.39, 0.29) is 12.7 Å². The van der Waals surface area contributed by atoms with Crippen LogP contribution >= 0.6 is 0 Å². The maximum absolute atomic E-state index is 13.1. The van der Waals surface area contributed by atoms with E-state index in [9.17, 15) is 4.79 Å². The van der Waals surface area contributed by atoms with Gasteiger partial charge in [-0.2, -0.15) is 0 Å². The second kappa shape index (κ2) is 6.84. The van der Waals surface area contributed by atoms with Crippen LogP contribution in [-0.4, -0.2) is 45.7 Å². The topological polar surface area (TPSA) is 78.7 Å². The lowest BCUT2D eigenvalue weighted by Gasteiger charge is -2.20. The van der Waals surface area contributed by atoms with Crippen LogP contribution in [0.3, 0.4) is 0 Å². The van der Waals surface area contributed by atoms with Gasteiger partial charge < -0.3 is 19.1 Å². The maximum Gasteiger partial charge on any atom is 0.254 e. The molecule has 3 aliphatic rings. The third kappa shape index (κ3) is 3.37. The van der Waals surface area contributed by atoms with Gasteiger partial charge in [-0.25, -0.2) is 4.68 Å². The number of amides is 1. The van der Waals surface area contributed by atoms with Crippen molar-refractivity contribution in [1.29, 1.82) is 0 Å². The van der Waals surface area contributed by atoms with Crippen molar-refractivity contribution in [1.82, 2.24) is 19.9 Å². The Morgan fingerprint density at radius 1 is 1.22 bits per heavy atom. The summed E-state index contributed by atoms with van der Waals surface area (Å²) in [5.41, 5.74) is 2.41. The van der Waals surface area contributed by atoms with Gasteiger partial charge in [-0.05, 0) is 43.4 Å². The summed E-state index contributed by atoms with van der Waals surface area (Å²) in [5.74, 6) is 1.99. The van der Waals surface area contributed by atoms with Crippen LogP contribution in [0.2, 0.25) is 0 Å². The molecule has 1 amide bonds. The molecule has 0 radical (unpaired) electrons. The molecule has 2 aliphatic heterocycles. The minimum atomic E-state index is -0.0206. The zero-order chi connectivity index (χ0) is 18.2. The number of ether oxygens (including phenoxy) is 3. The molecule has 142 valence electrons. The molecule has 1 aromatic heterocycles. The normalized spacial score (nSPS) is 18.3. The first-order chi connectivity index (χ1) is 13.3. The molecule has 8 heteroatoms. The minimum absolute atomic E-state index is 0.0206. The van der Waals surface area contributed by atoms with Gasteiger partial charge in [0.25, 0.3) is 5.91 Å². The third-order valence-corrected chi connectivity index (χ3v) is 5.25. The van der Waals surface area contributed by atoms with E-state index in [1.54, 1.807) is 18.2 Å². The summed E-state index contributed by atoms with van der Waals surface area (Å²) >= 11 is 0. The number of carbonyl (C=O) groups is 1. The molecule has 0 N–H and O–H groups in total. The second-order valence-corrected chi connectivity index (χ2v) is 7.31. The number of nitrogens with zero attached hydrogens (tertiary/aromatic N) is 4. The Kier molecular flexibility index (Phi) is 4.20. The Morgan fingerprint density at radius 2 is 2.11 bits per heavy atom. The zero-order valence-corrected chi connectivity index (χ0v) is 15.1. The number of rotatable bonds is 5. The summed E-state index contributed by atoms with van der Waals surface area (Å²) in [6.45, 7) is 3.37. The van der Waals surface area contributed by atoms with Crippen LogP contribution in [0.4, 0.5) is 0 Å². The van der Waals surface area contributed by atoms with Crippen molar-refractivity contribution >= 4 is 5.91 Å². The Balaban J connectivity index is 1.32. The minimum Gasteiger partial charge on any atom is -0.454 e. The average Bonchev–Trinajstić information content (AvgIpc) is 3.33. The SMILES string of the molecule is O=C(c1ccc2c(c1)OCO2)N1CCCn2nnc(COCC3CC3)c2C1. The average molecular weight is 370 g/mol. The summed E-state index contributed by atoms with van der Waals surface area (Å²) in [7, 11) is 0. The van der Waals surface area contributed by atoms with Crippen LogP contribution in [0.5, 0.6) is 11.5 Å². The molecule has 0 atom stereocenters. The summed E-state index contributed by atoms with van der Waals surface area (Å²) < 4.78 is 18.4. The van der Waals surface area contributed by atoms with E-state index in [1.165, 1.54) is 12.8 Å². The van der Waals surface area contributed by atoms with Gasteiger partial charge in [-0.15, -0.1) is 5.10 Å². The molecule has 0 unspecified atom stereocenters.